The lowest BCUT2D eigenvalue weighted by Gasteiger charge is -2.06. The summed E-state index contributed by atoms with van der Waals surface area (Å²) in [6.45, 7) is 0.264. The standard InChI is InChI=1S/C14H17N5O3S/c15-23(21,22)11-5-1-9(2-6-11)8-16-14(20)17-13-7-12(18-19-13)10-3-4-10/h1-2,5-7,10H,3-4,8H2,(H2,15,21,22)(H3,16,17,18,19,20). The molecule has 0 saturated heterocycles. The number of hydrogen-bond acceptors (Lipinski definition) is 4. The number of hydrogen-bond donors (Lipinski definition) is 4. The van der Waals surface area contributed by atoms with Gasteiger partial charge in [-0.3, -0.25) is 10.4 Å². The number of H-pyrrole nitrogens is 1. The molecule has 1 aromatic carbocycles. The molecule has 122 valence electrons. The van der Waals surface area contributed by atoms with Gasteiger partial charge in [0.1, 0.15) is 5.82 Å². The second-order valence-corrected chi connectivity index (χ2v) is 7.04. The molecular weight excluding hydrogens is 318 g/mol. The van der Waals surface area contributed by atoms with Crippen LogP contribution in [0.5, 0.6) is 0 Å². The Bertz CT molecular complexity index is 809. The average Bonchev–Trinajstić information content (AvgIpc) is 3.25. The molecule has 1 aliphatic carbocycles. The van der Waals surface area contributed by atoms with E-state index in [0.29, 0.717) is 11.7 Å². The molecule has 3 rings (SSSR count). The van der Waals surface area contributed by atoms with Crippen LogP contribution in [-0.4, -0.2) is 24.6 Å². The Morgan fingerprint density at radius 2 is 2.00 bits per heavy atom. The number of primary sulfonamides is 1. The molecule has 5 N–H and O–H groups in total. The fourth-order valence-electron chi connectivity index (χ4n) is 2.14. The lowest BCUT2D eigenvalue weighted by Crippen LogP contribution is -2.28. The number of anilines is 1. The zero-order chi connectivity index (χ0) is 16.4. The summed E-state index contributed by atoms with van der Waals surface area (Å²) in [5, 5.41) is 17.3. The molecule has 1 saturated carbocycles. The third-order valence-corrected chi connectivity index (χ3v) is 4.48. The van der Waals surface area contributed by atoms with Crippen molar-refractivity contribution in [1.82, 2.24) is 15.5 Å². The molecule has 8 nitrogen and oxygen atoms in total. The van der Waals surface area contributed by atoms with E-state index in [-0.39, 0.29) is 17.5 Å². The van der Waals surface area contributed by atoms with Gasteiger partial charge in [0, 0.05) is 18.5 Å². The number of nitrogens with zero attached hydrogens (tertiary/aromatic N) is 1. The molecule has 0 bridgehead atoms. The predicted molar refractivity (Wildman–Crippen MR) is 84.2 cm³/mol. The molecule has 0 aliphatic heterocycles. The summed E-state index contributed by atoms with van der Waals surface area (Å²) >= 11 is 0. The van der Waals surface area contributed by atoms with Gasteiger partial charge < -0.3 is 5.32 Å². The lowest BCUT2D eigenvalue weighted by molar-refractivity contribution is 0.251. The average molecular weight is 335 g/mol. The highest BCUT2D eigenvalue weighted by atomic mass is 32.2. The summed E-state index contributed by atoms with van der Waals surface area (Å²) in [5.74, 6) is 1.07. The van der Waals surface area contributed by atoms with Crippen molar-refractivity contribution >= 4 is 21.9 Å². The zero-order valence-corrected chi connectivity index (χ0v) is 13.1. The molecule has 0 unspecified atom stereocenters. The van der Waals surface area contributed by atoms with Gasteiger partial charge in [0.2, 0.25) is 10.0 Å². The molecule has 1 aliphatic rings. The quantitative estimate of drug-likeness (QED) is 0.655. The first-order valence-electron chi connectivity index (χ1n) is 7.14. The Morgan fingerprint density at radius 1 is 1.30 bits per heavy atom. The number of nitrogens with two attached hydrogens (primary N) is 1. The number of benzene rings is 1. The van der Waals surface area contributed by atoms with Gasteiger partial charge in [-0.2, -0.15) is 5.10 Å². The highest BCUT2D eigenvalue weighted by Crippen LogP contribution is 2.39. The molecule has 1 aromatic heterocycles. The number of amides is 2. The molecule has 9 heteroatoms. The van der Waals surface area contributed by atoms with Crippen LogP contribution in [-0.2, 0) is 16.6 Å². The van der Waals surface area contributed by atoms with Crippen molar-refractivity contribution in [1.29, 1.82) is 0 Å². The van der Waals surface area contributed by atoms with Crippen LogP contribution in [0.4, 0.5) is 10.6 Å². The molecule has 1 fully saturated rings. The van der Waals surface area contributed by atoms with Crippen molar-refractivity contribution in [2.75, 3.05) is 5.32 Å². The van der Waals surface area contributed by atoms with E-state index in [2.05, 4.69) is 20.8 Å². The minimum absolute atomic E-state index is 0.0377. The first-order valence-corrected chi connectivity index (χ1v) is 8.68. The number of rotatable bonds is 5. The van der Waals surface area contributed by atoms with Crippen molar-refractivity contribution < 1.29 is 13.2 Å². The van der Waals surface area contributed by atoms with Gasteiger partial charge in [-0.25, -0.2) is 18.4 Å². The maximum Gasteiger partial charge on any atom is 0.320 e. The Balaban J connectivity index is 1.51. The van der Waals surface area contributed by atoms with Crippen LogP contribution in [0, 0.1) is 0 Å². The molecule has 2 aromatic rings. The van der Waals surface area contributed by atoms with Crippen LogP contribution >= 0.6 is 0 Å². The minimum Gasteiger partial charge on any atom is -0.334 e. The maximum atomic E-state index is 11.8. The van der Waals surface area contributed by atoms with E-state index in [1.807, 2.05) is 6.07 Å². The van der Waals surface area contributed by atoms with Crippen molar-refractivity contribution in [2.45, 2.75) is 30.2 Å². The summed E-state index contributed by atoms with van der Waals surface area (Å²) in [6.07, 6.45) is 2.29. The van der Waals surface area contributed by atoms with Gasteiger partial charge in [-0.15, -0.1) is 0 Å². The number of aromatic amines is 1. The van der Waals surface area contributed by atoms with E-state index in [1.165, 1.54) is 12.1 Å². The van der Waals surface area contributed by atoms with E-state index >= 15 is 0 Å². The van der Waals surface area contributed by atoms with Gasteiger partial charge in [0.05, 0.1) is 10.6 Å². The minimum atomic E-state index is -3.70. The number of carbonyl (C=O) groups is 1. The first kappa shape index (κ1) is 15.5. The van der Waals surface area contributed by atoms with Crippen LogP contribution in [0.15, 0.2) is 35.2 Å². The van der Waals surface area contributed by atoms with E-state index in [0.717, 1.165) is 24.1 Å². The third-order valence-electron chi connectivity index (χ3n) is 3.55. The Hall–Kier alpha value is -2.39. The fraction of sp³-hybridized carbons (Fsp3) is 0.286. The van der Waals surface area contributed by atoms with Gasteiger partial charge in [-0.1, -0.05) is 12.1 Å². The summed E-state index contributed by atoms with van der Waals surface area (Å²) in [7, 11) is -3.70. The largest absolute Gasteiger partial charge is 0.334 e. The Morgan fingerprint density at radius 3 is 2.61 bits per heavy atom. The number of carbonyl (C=O) groups excluding carboxylic acids is 1. The summed E-state index contributed by atoms with van der Waals surface area (Å²) < 4.78 is 22.3. The Kier molecular flexibility index (Phi) is 4.05. The lowest BCUT2D eigenvalue weighted by atomic mass is 10.2. The summed E-state index contributed by atoms with van der Waals surface area (Å²) in [5.41, 5.74) is 1.73. The predicted octanol–water partition coefficient (Wildman–Crippen LogP) is 1.26. The number of nitrogens with one attached hydrogen (secondary N) is 3. The van der Waals surface area contributed by atoms with Crippen LogP contribution in [0.2, 0.25) is 0 Å². The molecule has 0 radical (unpaired) electrons. The summed E-state index contributed by atoms with van der Waals surface area (Å²) in [4.78, 5) is 11.9. The molecule has 1 heterocycles. The second kappa shape index (κ2) is 6.01. The van der Waals surface area contributed by atoms with Gasteiger partial charge in [0.25, 0.3) is 0 Å². The smallest absolute Gasteiger partial charge is 0.320 e. The van der Waals surface area contributed by atoms with Crippen molar-refractivity contribution in [3.8, 4) is 0 Å². The molecule has 2 amide bonds. The zero-order valence-electron chi connectivity index (χ0n) is 12.2. The normalized spacial score (nSPS) is 14.5. The Labute approximate surface area is 133 Å². The van der Waals surface area contributed by atoms with Crippen LogP contribution in [0.3, 0.4) is 0 Å². The van der Waals surface area contributed by atoms with Gasteiger partial charge >= 0.3 is 6.03 Å². The van der Waals surface area contributed by atoms with E-state index in [1.54, 1.807) is 12.1 Å². The van der Waals surface area contributed by atoms with Crippen LogP contribution in [0.1, 0.15) is 30.0 Å². The van der Waals surface area contributed by atoms with Crippen molar-refractivity contribution in [3.05, 3.63) is 41.6 Å². The van der Waals surface area contributed by atoms with E-state index in [9.17, 15) is 13.2 Å². The summed E-state index contributed by atoms with van der Waals surface area (Å²) in [6, 6.07) is 7.47. The van der Waals surface area contributed by atoms with E-state index in [4.69, 9.17) is 5.14 Å². The number of aromatic nitrogens is 2. The van der Waals surface area contributed by atoms with E-state index < -0.39 is 10.0 Å². The second-order valence-electron chi connectivity index (χ2n) is 5.48. The highest BCUT2D eigenvalue weighted by molar-refractivity contribution is 7.89. The number of sulfonamides is 1. The topological polar surface area (TPSA) is 130 Å². The monoisotopic (exact) mass is 335 g/mol. The SMILES string of the molecule is NS(=O)(=O)c1ccc(CNC(=O)Nc2cc(C3CC3)n[nH]2)cc1. The van der Waals surface area contributed by atoms with Crippen molar-refractivity contribution in [3.63, 3.8) is 0 Å². The third kappa shape index (κ3) is 4.08. The maximum absolute atomic E-state index is 11.8. The number of urea groups is 1. The van der Waals surface area contributed by atoms with Crippen LogP contribution < -0.4 is 15.8 Å². The first-order chi connectivity index (χ1) is 10.9. The molecule has 0 spiro atoms. The molecule has 0 atom stereocenters. The molecule has 23 heavy (non-hydrogen) atoms. The molecular formula is C14H17N5O3S. The van der Waals surface area contributed by atoms with Gasteiger partial charge in [-0.05, 0) is 30.5 Å². The van der Waals surface area contributed by atoms with Crippen LogP contribution in [0.25, 0.3) is 0 Å². The van der Waals surface area contributed by atoms with Crippen molar-refractivity contribution in [2.24, 2.45) is 5.14 Å². The highest BCUT2D eigenvalue weighted by Gasteiger charge is 2.26. The van der Waals surface area contributed by atoms with Gasteiger partial charge in [0.15, 0.2) is 0 Å². The fourth-order valence-corrected chi connectivity index (χ4v) is 2.65.